The Morgan fingerprint density at radius 2 is 1.90 bits per heavy atom. The molecule has 1 heterocycles. The van der Waals surface area contributed by atoms with E-state index < -0.39 is 6.29 Å². The van der Waals surface area contributed by atoms with Crippen molar-refractivity contribution >= 4 is 33.4 Å². The molecule has 3 rings (SSSR count). The summed E-state index contributed by atoms with van der Waals surface area (Å²) in [4.78, 5) is 3.38. The molecule has 3 nitrogen and oxygen atoms in total. The van der Waals surface area contributed by atoms with Gasteiger partial charge in [0.05, 0.1) is 0 Å². The molecule has 0 saturated heterocycles. The summed E-state index contributed by atoms with van der Waals surface area (Å²) < 4.78 is 4.98. The maximum absolute atomic E-state index is 9.78. The van der Waals surface area contributed by atoms with Crippen molar-refractivity contribution in [1.29, 1.82) is 0 Å². The second kappa shape index (κ2) is 5.09. The molecule has 0 radical (unpaired) electrons. The SMILES string of the molecule is COC(O)C(C)c1ccc2c(c1)[nH]c1ccc(Cl)cc12. The number of nitrogens with one attached hydrogen (secondary N) is 1. The highest BCUT2D eigenvalue weighted by Gasteiger charge is 2.16. The lowest BCUT2D eigenvalue weighted by molar-refractivity contribution is -0.0878. The van der Waals surface area contributed by atoms with Crippen molar-refractivity contribution in [3.8, 4) is 0 Å². The number of halogens is 1. The summed E-state index contributed by atoms with van der Waals surface area (Å²) in [5.74, 6) is -0.0839. The largest absolute Gasteiger partial charge is 0.367 e. The molecule has 1 aromatic heterocycles. The number of benzene rings is 2. The van der Waals surface area contributed by atoms with E-state index in [4.69, 9.17) is 16.3 Å². The highest BCUT2D eigenvalue weighted by molar-refractivity contribution is 6.31. The average Bonchev–Trinajstić information content (AvgIpc) is 2.82. The fraction of sp³-hybridized carbons (Fsp3) is 0.250. The molecule has 0 fully saturated rings. The number of methoxy groups -OCH3 is 1. The van der Waals surface area contributed by atoms with Crippen molar-refractivity contribution in [2.24, 2.45) is 0 Å². The lowest BCUT2D eigenvalue weighted by atomic mass is 9.99. The lowest BCUT2D eigenvalue weighted by Crippen LogP contribution is -2.17. The Labute approximate surface area is 122 Å². The third-order valence-corrected chi connectivity index (χ3v) is 4.01. The first-order chi connectivity index (χ1) is 9.60. The van der Waals surface area contributed by atoms with Crippen LogP contribution in [0.25, 0.3) is 21.8 Å². The van der Waals surface area contributed by atoms with Crippen molar-refractivity contribution < 1.29 is 9.84 Å². The Hall–Kier alpha value is -1.55. The molecule has 3 aromatic rings. The quantitative estimate of drug-likeness (QED) is 0.715. The van der Waals surface area contributed by atoms with E-state index in [2.05, 4.69) is 17.1 Å². The number of hydrogen-bond acceptors (Lipinski definition) is 2. The Kier molecular flexibility index (Phi) is 3.42. The first-order valence-electron chi connectivity index (χ1n) is 6.52. The average molecular weight is 290 g/mol. The predicted molar refractivity (Wildman–Crippen MR) is 82.2 cm³/mol. The Morgan fingerprint density at radius 1 is 1.10 bits per heavy atom. The molecule has 20 heavy (non-hydrogen) atoms. The highest BCUT2D eigenvalue weighted by Crippen LogP contribution is 2.30. The standard InChI is InChI=1S/C16H16ClNO2/c1-9(16(19)20-2)10-3-5-12-13-8-11(17)4-6-14(13)18-15(12)7-10/h3-9,16,18-19H,1-2H3. The minimum Gasteiger partial charge on any atom is -0.367 e. The van der Waals surface area contributed by atoms with Gasteiger partial charge in [0.1, 0.15) is 0 Å². The third kappa shape index (κ3) is 2.18. The van der Waals surface area contributed by atoms with Crippen molar-refractivity contribution in [2.45, 2.75) is 19.1 Å². The molecule has 2 aromatic carbocycles. The van der Waals surface area contributed by atoms with Crippen molar-refractivity contribution in [3.63, 3.8) is 0 Å². The summed E-state index contributed by atoms with van der Waals surface area (Å²) in [6.45, 7) is 1.94. The van der Waals surface area contributed by atoms with E-state index in [1.54, 1.807) is 0 Å². The molecule has 0 spiro atoms. The summed E-state index contributed by atoms with van der Waals surface area (Å²) in [7, 11) is 1.50. The number of rotatable bonds is 3. The molecule has 0 aliphatic heterocycles. The van der Waals surface area contributed by atoms with Crippen LogP contribution in [-0.4, -0.2) is 23.5 Å². The monoisotopic (exact) mass is 289 g/mol. The third-order valence-electron chi connectivity index (χ3n) is 3.78. The van der Waals surface area contributed by atoms with Crippen LogP contribution in [0.3, 0.4) is 0 Å². The van der Waals surface area contributed by atoms with Gasteiger partial charge in [-0.1, -0.05) is 30.7 Å². The zero-order valence-corrected chi connectivity index (χ0v) is 12.1. The molecule has 2 unspecified atom stereocenters. The van der Waals surface area contributed by atoms with Gasteiger partial charge in [0, 0.05) is 39.9 Å². The Balaban J connectivity index is 2.14. The Bertz CT molecular complexity index is 766. The predicted octanol–water partition coefficient (Wildman–Crippen LogP) is 4.04. The summed E-state index contributed by atoms with van der Waals surface area (Å²) in [5.41, 5.74) is 3.13. The van der Waals surface area contributed by atoms with Crippen LogP contribution in [0.15, 0.2) is 36.4 Å². The van der Waals surface area contributed by atoms with E-state index in [-0.39, 0.29) is 5.92 Å². The number of fused-ring (bicyclic) bond motifs is 3. The van der Waals surface area contributed by atoms with Gasteiger partial charge >= 0.3 is 0 Å². The fourth-order valence-corrected chi connectivity index (χ4v) is 2.72. The van der Waals surface area contributed by atoms with Crippen LogP contribution in [0, 0.1) is 0 Å². The van der Waals surface area contributed by atoms with Crippen LogP contribution in [0.2, 0.25) is 5.02 Å². The molecule has 2 atom stereocenters. The van der Waals surface area contributed by atoms with Gasteiger partial charge in [0.25, 0.3) is 0 Å². The van der Waals surface area contributed by atoms with E-state index in [0.29, 0.717) is 0 Å². The minimum absolute atomic E-state index is 0.0839. The summed E-state index contributed by atoms with van der Waals surface area (Å²) in [6.07, 6.45) is -0.800. The lowest BCUT2D eigenvalue weighted by Gasteiger charge is -2.17. The van der Waals surface area contributed by atoms with Crippen molar-refractivity contribution in [2.75, 3.05) is 7.11 Å². The summed E-state index contributed by atoms with van der Waals surface area (Å²) >= 11 is 6.05. The number of aliphatic hydroxyl groups excluding tert-OH is 1. The number of aromatic amines is 1. The van der Waals surface area contributed by atoms with Gasteiger partial charge in [-0.2, -0.15) is 0 Å². The van der Waals surface area contributed by atoms with E-state index in [1.807, 2.05) is 31.2 Å². The number of hydrogen-bond donors (Lipinski definition) is 2. The van der Waals surface area contributed by atoms with Gasteiger partial charge in [-0.05, 0) is 29.8 Å². The van der Waals surface area contributed by atoms with Gasteiger partial charge in [-0.3, -0.25) is 0 Å². The van der Waals surface area contributed by atoms with Gasteiger partial charge < -0.3 is 14.8 Å². The normalized spacial score (nSPS) is 14.8. The molecule has 0 aliphatic rings. The molecule has 0 saturated carbocycles. The summed E-state index contributed by atoms with van der Waals surface area (Å²) in [5, 5.41) is 12.7. The van der Waals surface area contributed by atoms with Crippen LogP contribution < -0.4 is 0 Å². The van der Waals surface area contributed by atoms with Crippen LogP contribution in [-0.2, 0) is 4.74 Å². The number of H-pyrrole nitrogens is 1. The van der Waals surface area contributed by atoms with Crippen LogP contribution >= 0.6 is 11.6 Å². The second-order valence-corrected chi connectivity index (χ2v) is 5.47. The first-order valence-corrected chi connectivity index (χ1v) is 6.89. The van der Waals surface area contributed by atoms with Crippen LogP contribution in [0.1, 0.15) is 18.4 Å². The van der Waals surface area contributed by atoms with Gasteiger partial charge in [0.2, 0.25) is 0 Å². The fourth-order valence-electron chi connectivity index (χ4n) is 2.55. The first kappa shape index (κ1) is 13.4. The number of aliphatic hydroxyl groups is 1. The van der Waals surface area contributed by atoms with Crippen LogP contribution in [0.4, 0.5) is 0 Å². The van der Waals surface area contributed by atoms with E-state index in [1.165, 1.54) is 7.11 Å². The van der Waals surface area contributed by atoms with Crippen molar-refractivity contribution in [1.82, 2.24) is 4.98 Å². The Morgan fingerprint density at radius 3 is 2.65 bits per heavy atom. The maximum atomic E-state index is 9.78. The summed E-state index contributed by atoms with van der Waals surface area (Å²) in [6, 6.07) is 11.9. The van der Waals surface area contributed by atoms with E-state index in [9.17, 15) is 5.11 Å². The minimum atomic E-state index is -0.800. The molecule has 104 valence electrons. The molecule has 0 bridgehead atoms. The topological polar surface area (TPSA) is 45.2 Å². The number of aromatic nitrogens is 1. The van der Waals surface area contributed by atoms with E-state index >= 15 is 0 Å². The molecule has 4 heteroatoms. The number of ether oxygens (including phenoxy) is 1. The van der Waals surface area contributed by atoms with Crippen molar-refractivity contribution in [3.05, 3.63) is 47.0 Å². The van der Waals surface area contributed by atoms with E-state index in [0.717, 1.165) is 32.4 Å². The molecule has 0 amide bonds. The maximum Gasteiger partial charge on any atom is 0.160 e. The molecule has 0 aliphatic carbocycles. The highest BCUT2D eigenvalue weighted by atomic mass is 35.5. The molecular formula is C16H16ClNO2. The molecular weight excluding hydrogens is 274 g/mol. The van der Waals surface area contributed by atoms with Crippen LogP contribution in [0.5, 0.6) is 0 Å². The van der Waals surface area contributed by atoms with Gasteiger partial charge in [-0.15, -0.1) is 0 Å². The van der Waals surface area contributed by atoms with Gasteiger partial charge in [0.15, 0.2) is 6.29 Å². The molecule has 2 N–H and O–H groups in total. The zero-order chi connectivity index (χ0) is 14.3. The second-order valence-electron chi connectivity index (χ2n) is 5.03. The smallest absolute Gasteiger partial charge is 0.160 e. The van der Waals surface area contributed by atoms with Gasteiger partial charge in [-0.25, -0.2) is 0 Å². The zero-order valence-electron chi connectivity index (χ0n) is 11.4.